The van der Waals surface area contributed by atoms with E-state index >= 15 is 0 Å². The molecule has 0 bridgehead atoms. The normalized spacial score (nSPS) is 15.2. The van der Waals surface area contributed by atoms with Gasteiger partial charge in [0.25, 0.3) is 5.91 Å². The molecule has 120 valence electrons. The van der Waals surface area contributed by atoms with Gasteiger partial charge in [-0.25, -0.2) is 0 Å². The summed E-state index contributed by atoms with van der Waals surface area (Å²) >= 11 is 5.97. The minimum absolute atomic E-state index is 0.0120. The fourth-order valence-electron chi connectivity index (χ4n) is 2.71. The highest BCUT2D eigenvalue weighted by atomic mass is 35.5. The molecule has 3 rings (SSSR count). The third kappa shape index (κ3) is 3.85. The van der Waals surface area contributed by atoms with Gasteiger partial charge in [0.05, 0.1) is 6.04 Å². The zero-order chi connectivity index (χ0) is 16.4. The Hall–Kier alpha value is -2.00. The number of nitrogens with two attached hydrogens (primary N) is 1. The Morgan fingerprint density at radius 3 is 2.35 bits per heavy atom. The second-order valence-corrected chi connectivity index (χ2v) is 6.69. The monoisotopic (exact) mass is 328 g/mol. The van der Waals surface area contributed by atoms with Crippen molar-refractivity contribution < 1.29 is 4.79 Å². The molecule has 1 aliphatic rings. The van der Waals surface area contributed by atoms with Crippen LogP contribution in [0.4, 0.5) is 5.69 Å². The van der Waals surface area contributed by atoms with Crippen LogP contribution in [0.3, 0.4) is 0 Å². The van der Waals surface area contributed by atoms with E-state index < -0.39 is 0 Å². The van der Waals surface area contributed by atoms with Crippen molar-refractivity contribution in [3.8, 4) is 0 Å². The topological polar surface area (TPSA) is 46.3 Å². The van der Waals surface area contributed by atoms with E-state index in [1.807, 2.05) is 29.2 Å². The van der Waals surface area contributed by atoms with Crippen LogP contribution in [-0.4, -0.2) is 17.4 Å². The van der Waals surface area contributed by atoms with Gasteiger partial charge in [0.2, 0.25) is 0 Å². The number of carbonyl (C=O) groups excluding carboxylic acids is 1. The van der Waals surface area contributed by atoms with E-state index in [4.69, 9.17) is 17.3 Å². The highest BCUT2D eigenvalue weighted by molar-refractivity contribution is 6.30. The molecule has 23 heavy (non-hydrogen) atoms. The van der Waals surface area contributed by atoms with Gasteiger partial charge < -0.3 is 10.6 Å². The molecule has 0 saturated heterocycles. The molecule has 1 saturated carbocycles. The Balaban J connectivity index is 1.85. The lowest BCUT2D eigenvalue weighted by atomic mass is 10.0. The Bertz CT molecular complexity index is 678. The summed E-state index contributed by atoms with van der Waals surface area (Å²) < 4.78 is 0. The van der Waals surface area contributed by atoms with Gasteiger partial charge in [0.1, 0.15) is 0 Å². The van der Waals surface area contributed by atoms with Crippen LogP contribution in [0.5, 0.6) is 0 Å². The van der Waals surface area contributed by atoms with Crippen LogP contribution in [-0.2, 0) is 0 Å². The average Bonchev–Trinajstić information content (AvgIpc) is 3.37. The summed E-state index contributed by atoms with van der Waals surface area (Å²) in [5.41, 5.74) is 8.17. The summed E-state index contributed by atoms with van der Waals surface area (Å²) in [7, 11) is 0. The molecule has 0 heterocycles. The van der Waals surface area contributed by atoms with Crippen LogP contribution in [0.15, 0.2) is 48.5 Å². The molecule has 0 radical (unpaired) electrons. The van der Waals surface area contributed by atoms with Gasteiger partial charge in [0, 0.05) is 22.8 Å². The number of benzene rings is 2. The van der Waals surface area contributed by atoms with Gasteiger partial charge in [-0.3, -0.25) is 4.79 Å². The second kappa shape index (κ2) is 6.63. The first-order valence-electron chi connectivity index (χ1n) is 7.96. The first-order chi connectivity index (χ1) is 11.0. The van der Waals surface area contributed by atoms with Gasteiger partial charge in [-0.15, -0.1) is 0 Å². The lowest BCUT2D eigenvalue weighted by Gasteiger charge is -2.30. The molecule has 0 spiro atoms. The van der Waals surface area contributed by atoms with E-state index in [9.17, 15) is 4.79 Å². The highest BCUT2D eigenvalue weighted by Gasteiger charge is 2.30. The van der Waals surface area contributed by atoms with E-state index in [1.165, 1.54) is 12.8 Å². The maximum atomic E-state index is 13.0. The summed E-state index contributed by atoms with van der Waals surface area (Å²) in [4.78, 5) is 14.9. The van der Waals surface area contributed by atoms with E-state index in [0.29, 0.717) is 22.2 Å². The quantitative estimate of drug-likeness (QED) is 0.819. The number of hydrogen-bond acceptors (Lipinski definition) is 2. The predicted octanol–water partition coefficient (Wildman–Crippen LogP) is 4.54. The summed E-state index contributed by atoms with van der Waals surface area (Å²) in [6.45, 7) is 2.87. The van der Waals surface area contributed by atoms with Crippen molar-refractivity contribution in [2.45, 2.75) is 25.8 Å². The summed E-state index contributed by atoms with van der Waals surface area (Å²) in [6.07, 6.45) is 2.41. The maximum Gasteiger partial charge on any atom is 0.254 e. The molecule has 0 aliphatic heterocycles. The van der Waals surface area contributed by atoms with Gasteiger partial charge in [-0.1, -0.05) is 23.7 Å². The molecule has 1 amide bonds. The standard InChI is InChI=1S/C19H21ClN2O/c1-13(15-4-8-17(20)9-5-15)22(12-14-2-3-14)19(23)16-6-10-18(21)11-7-16/h4-11,13-14H,2-3,12,21H2,1H3. The van der Waals surface area contributed by atoms with Crippen LogP contribution in [0.1, 0.15) is 41.7 Å². The van der Waals surface area contributed by atoms with Gasteiger partial charge in [-0.2, -0.15) is 0 Å². The molecular formula is C19H21ClN2O. The number of rotatable bonds is 5. The number of amides is 1. The van der Waals surface area contributed by atoms with Crippen molar-refractivity contribution >= 4 is 23.2 Å². The number of halogens is 1. The highest BCUT2D eigenvalue weighted by Crippen LogP contribution is 2.34. The largest absolute Gasteiger partial charge is 0.399 e. The smallest absolute Gasteiger partial charge is 0.254 e. The van der Waals surface area contributed by atoms with Crippen LogP contribution in [0, 0.1) is 5.92 Å². The fraction of sp³-hybridized carbons (Fsp3) is 0.316. The molecule has 1 atom stereocenters. The second-order valence-electron chi connectivity index (χ2n) is 6.25. The predicted molar refractivity (Wildman–Crippen MR) is 94.5 cm³/mol. The van der Waals surface area contributed by atoms with Gasteiger partial charge >= 0.3 is 0 Å². The van der Waals surface area contributed by atoms with Crippen molar-refractivity contribution in [2.75, 3.05) is 12.3 Å². The molecule has 0 aromatic heterocycles. The molecule has 3 nitrogen and oxygen atoms in total. The number of carbonyl (C=O) groups is 1. The molecule has 4 heteroatoms. The minimum Gasteiger partial charge on any atom is -0.399 e. The molecule has 2 N–H and O–H groups in total. The number of hydrogen-bond donors (Lipinski definition) is 1. The van der Waals surface area contributed by atoms with E-state index in [1.54, 1.807) is 24.3 Å². The average molecular weight is 329 g/mol. The van der Waals surface area contributed by atoms with E-state index in [2.05, 4.69) is 6.92 Å². The Morgan fingerprint density at radius 2 is 1.78 bits per heavy atom. The van der Waals surface area contributed by atoms with Crippen molar-refractivity contribution in [3.63, 3.8) is 0 Å². The van der Waals surface area contributed by atoms with E-state index in [-0.39, 0.29) is 11.9 Å². The Labute approximate surface area is 142 Å². The lowest BCUT2D eigenvalue weighted by molar-refractivity contribution is 0.0680. The summed E-state index contributed by atoms with van der Waals surface area (Å²) in [5.74, 6) is 0.682. The summed E-state index contributed by atoms with van der Waals surface area (Å²) in [6, 6.07) is 14.9. The van der Waals surface area contributed by atoms with Crippen LogP contribution >= 0.6 is 11.6 Å². The third-order valence-corrected chi connectivity index (χ3v) is 4.64. The molecule has 1 fully saturated rings. The zero-order valence-corrected chi connectivity index (χ0v) is 14.0. The van der Waals surface area contributed by atoms with E-state index in [0.717, 1.165) is 12.1 Å². The fourth-order valence-corrected chi connectivity index (χ4v) is 2.83. The third-order valence-electron chi connectivity index (χ3n) is 4.39. The number of anilines is 1. The Kier molecular flexibility index (Phi) is 4.58. The molecule has 1 unspecified atom stereocenters. The number of nitrogens with zero attached hydrogens (tertiary/aromatic N) is 1. The van der Waals surface area contributed by atoms with Crippen molar-refractivity contribution in [1.29, 1.82) is 0 Å². The molecule has 2 aromatic rings. The first kappa shape index (κ1) is 15.9. The van der Waals surface area contributed by atoms with Crippen molar-refractivity contribution in [3.05, 3.63) is 64.7 Å². The van der Waals surface area contributed by atoms with Crippen LogP contribution < -0.4 is 5.73 Å². The SMILES string of the molecule is CC(c1ccc(Cl)cc1)N(CC1CC1)C(=O)c1ccc(N)cc1. The minimum atomic E-state index is 0.0120. The summed E-state index contributed by atoms with van der Waals surface area (Å²) in [5, 5.41) is 0.708. The molecular weight excluding hydrogens is 308 g/mol. The maximum absolute atomic E-state index is 13.0. The van der Waals surface area contributed by atoms with Crippen LogP contribution in [0.2, 0.25) is 5.02 Å². The first-order valence-corrected chi connectivity index (χ1v) is 8.34. The molecule has 2 aromatic carbocycles. The van der Waals surface area contributed by atoms with Gasteiger partial charge in [-0.05, 0) is 67.6 Å². The number of nitrogen functional groups attached to an aromatic ring is 1. The Morgan fingerprint density at radius 1 is 1.17 bits per heavy atom. The lowest BCUT2D eigenvalue weighted by Crippen LogP contribution is -2.35. The van der Waals surface area contributed by atoms with Crippen LogP contribution in [0.25, 0.3) is 0 Å². The van der Waals surface area contributed by atoms with Crippen molar-refractivity contribution in [1.82, 2.24) is 4.90 Å². The van der Waals surface area contributed by atoms with Gasteiger partial charge in [0.15, 0.2) is 0 Å². The zero-order valence-electron chi connectivity index (χ0n) is 13.2. The molecule has 1 aliphatic carbocycles. The van der Waals surface area contributed by atoms with Crippen molar-refractivity contribution in [2.24, 2.45) is 5.92 Å².